The molecule has 86 valence electrons. The number of aromatic hydroxyl groups is 1. The number of pyridine rings is 1. The molecule has 5 nitrogen and oxygen atoms in total. The van der Waals surface area contributed by atoms with E-state index in [1.165, 1.54) is 6.07 Å². The van der Waals surface area contributed by atoms with Crippen molar-refractivity contribution in [3.05, 3.63) is 30.5 Å². The minimum Gasteiger partial charge on any atom is -0.504 e. The number of aromatic nitrogens is 1. The van der Waals surface area contributed by atoms with Gasteiger partial charge in [-0.2, -0.15) is 0 Å². The van der Waals surface area contributed by atoms with E-state index in [0.29, 0.717) is 12.1 Å². The van der Waals surface area contributed by atoms with Gasteiger partial charge >= 0.3 is 0 Å². The molecule has 0 bridgehead atoms. The standard InChI is InChI=1S/C11H15N3O2/c1-3-4-8(12)11(16)14-10-9(15)6-5-7(2)13-10/h3,5-6,8,15H,1,4,12H2,2H3,(H,13,14,16). The van der Waals surface area contributed by atoms with Crippen molar-refractivity contribution in [2.24, 2.45) is 5.73 Å². The molecule has 0 aliphatic rings. The molecule has 16 heavy (non-hydrogen) atoms. The maximum absolute atomic E-state index is 11.5. The Hall–Kier alpha value is -1.88. The summed E-state index contributed by atoms with van der Waals surface area (Å²) >= 11 is 0. The third-order valence-corrected chi connectivity index (χ3v) is 2.01. The van der Waals surface area contributed by atoms with Crippen molar-refractivity contribution in [3.63, 3.8) is 0 Å². The Morgan fingerprint density at radius 2 is 2.44 bits per heavy atom. The number of hydrogen-bond acceptors (Lipinski definition) is 4. The van der Waals surface area contributed by atoms with Crippen molar-refractivity contribution in [1.82, 2.24) is 4.98 Å². The molecule has 0 spiro atoms. The van der Waals surface area contributed by atoms with Gasteiger partial charge in [0, 0.05) is 5.69 Å². The fraction of sp³-hybridized carbons (Fsp3) is 0.273. The average Bonchev–Trinajstić information content (AvgIpc) is 2.23. The summed E-state index contributed by atoms with van der Waals surface area (Å²) in [5.41, 5.74) is 6.27. The van der Waals surface area contributed by atoms with E-state index in [-0.39, 0.29) is 11.6 Å². The van der Waals surface area contributed by atoms with E-state index in [1.807, 2.05) is 0 Å². The van der Waals surface area contributed by atoms with Crippen molar-refractivity contribution in [1.29, 1.82) is 0 Å². The molecule has 1 aromatic rings. The van der Waals surface area contributed by atoms with Crippen LogP contribution in [0.1, 0.15) is 12.1 Å². The highest BCUT2D eigenvalue weighted by Gasteiger charge is 2.14. The van der Waals surface area contributed by atoms with Crippen LogP contribution in [0.25, 0.3) is 0 Å². The Bertz CT molecular complexity index is 404. The Balaban J connectivity index is 2.76. The average molecular weight is 221 g/mol. The van der Waals surface area contributed by atoms with Crippen LogP contribution in [0, 0.1) is 6.92 Å². The van der Waals surface area contributed by atoms with E-state index in [2.05, 4.69) is 16.9 Å². The summed E-state index contributed by atoms with van der Waals surface area (Å²) in [4.78, 5) is 15.5. The molecule has 1 amide bonds. The summed E-state index contributed by atoms with van der Waals surface area (Å²) in [6, 6.07) is 2.44. The van der Waals surface area contributed by atoms with E-state index < -0.39 is 11.9 Å². The number of carbonyl (C=O) groups excluding carboxylic acids is 1. The van der Waals surface area contributed by atoms with Crippen molar-refractivity contribution in [3.8, 4) is 5.75 Å². The van der Waals surface area contributed by atoms with E-state index in [0.717, 1.165) is 0 Å². The topological polar surface area (TPSA) is 88.2 Å². The molecule has 1 atom stereocenters. The van der Waals surface area contributed by atoms with Gasteiger partial charge in [-0.25, -0.2) is 4.98 Å². The number of nitrogens with zero attached hydrogens (tertiary/aromatic N) is 1. The van der Waals surface area contributed by atoms with Gasteiger partial charge in [-0.15, -0.1) is 6.58 Å². The Morgan fingerprint density at radius 1 is 1.75 bits per heavy atom. The maximum Gasteiger partial charge on any atom is 0.242 e. The summed E-state index contributed by atoms with van der Waals surface area (Å²) in [7, 11) is 0. The molecule has 1 rings (SSSR count). The molecular formula is C11H15N3O2. The second kappa shape index (κ2) is 5.27. The zero-order valence-electron chi connectivity index (χ0n) is 9.10. The molecular weight excluding hydrogens is 206 g/mol. The normalized spacial score (nSPS) is 11.9. The minimum absolute atomic E-state index is 0.0789. The maximum atomic E-state index is 11.5. The first-order valence-electron chi connectivity index (χ1n) is 4.88. The van der Waals surface area contributed by atoms with Crippen LogP contribution >= 0.6 is 0 Å². The lowest BCUT2D eigenvalue weighted by atomic mass is 10.2. The van der Waals surface area contributed by atoms with Crippen molar-refractivity contribution >= 4 is 11.7 Å². The van der Waals surface area contributed by atoms with Crippen LogP contribution in [0.4, 0.5) is 5.82 Å². The number of anilines is 1. The predicted molar refractivity (Wildman–Crippen MR) is 62.1 cm³/mol. The van der Waals surface area contributed by atoms with Crippen LogP contribution in [0.15, 0.2) is 24.8 Å². The second-order valence-electron chi connectivity index (χ2n) is 3.44. The lowest BCUT2D eigenvalue weighted by molar-refractivity contribution is -0.117. The molecule has 0 fully saturated rings. The molecule has 0 saturated heterocycles. The van der Waals surface area contributed by atoms with Crippen LogP contribution in [0.3, 0.4) is 0 Å². The monoisotopic (exact) mass is 221 g/mol. The third-order valence-electron chi connectivity index (χ3n) is 2.01. The number of hydrogen-bond donors (Lipinski definition) is 3. The number of rotatable bonds is 4. The molecule has 1 heterocycles. The predicted octanol–water partition coefficient (Wildman–Crippen LogP) is 0.938. The van der Waals surface area contributed by atoms with Crippen LogP contribution in [-0.2, 0) is 4.79 Å². The Morgan fingerprint density at radius 3 is 3.06 bits per heavy atom. The Kier molecular flexibility index (Phi) is 4.02. The quantitative estimate of drug-likeness (QED) is 0.660. The lowest BCUT2D eigenvalue weighted by Gasteiger charge is -2.10. The number of nitrogens with one attached hydrogen (secondary N) is 1. The molecule has 0 radical (unpaired) electrons. The highest BCUT2D eigenvalue weighted by atomic mass is 16.3. The van der Waals surface area contributed by atoms with E-state index in [9.17, 15) is 9.90 Å². The number of amides is 1. The summed E-state index contributed by atoms with van der Waals surface area (Å²) in [5.74, 6) is -0.345. The highest BCUT2D eigenvalue weighted by Crippen LogP contribution is 2.20. The number of nitrogens with two attached hydrogens (primary N) is 1. The van der Waals surface area contributed by atoms with Crippen LogP contribution in [0.2, 0.25) is 0 Å². The number of carbonyl (C=O) groups is 1. The molecule has 1 unspecified atom stereocenters. The first-order valence-corrected chi connectivity index (χ1v) is 4.88. The Labute approximate surface area is 94.0 Å². The number of aryl methyl sites for hydroxylation is 1. The van der Waals surface area contributed by atoms with Gasteiger partial charge in [0.2, 0.25) is 5.91 Å². The summed E-state index contributed by atoms with van der Waals surface area (Å²) in [5, 5.41) is 11.9. The van der Waals surface area contributed by atoms with Gasteiger partial charge in [0.1, 0.15) is 0 Å². The van der Waals surface area contributed by atoms with E-state index in [1.54, 1.807) is 19.1 Å². The lowest BCUT2D eigenvalue weighted by Crippen LogP contribution is -2.35. The van der Waals surface area contributed by atoms with Crippen LogP contribution in [-0.4, -0.2) is 22.0 Å². The van der Waals surface area contributed by atoms with Crippen molar-refractivity contribution in [2.75, 3.05) is 5.32 Å². The molecule has 0 aliphatic heterocycles. The molecule has 1 aromatic heterocycles. The zero-order valence-corrected chi connectivity index (χ0v) is 9.10. The van der Waals surface area contributed by atoms with Crippen LogP contribution < -0.4 is 11.1 Å². The van der Waals surface area contributed by atoms with E-state index in [4.69, 9.17) is 5.73 Å². The van der Waals surface area contributed by atoms with Gasteiger partial charge in [-0.3, -0.25) is 4.79 Å². The van der Waals surface area contributed by atoms with Crippen molar-refractivity contribution < 1.29 is 9.90 Å². The first-order chi connectivity index (χ1) is 7.54. The highest BCUT2D eigenvalue weighted by molar-refractivity contribution is 5.95. The van der Waals surface area contributed by atoms with Gasteiger partial charge in [0.05, 0.1) is 6.04 Å². The van der Waals surface area contributed by atoms with Gasteiger partial charge in [-0.1, -0.05) is 6.08 Å². The van der Waals surface area contributed by atoms with Gasteiger partial charge < -0.3 is 16.2 Å². The van der Waals surface area contributed by atoms with Crippen LogP contribution in [0.5, 0.6) is 5.75 Å². The fourth-order valence-corrected chi connectivity index (χ4v) is 1.14. The summed E-state index contributed by atoms with van der Waals surface area (Å²) in [6.45, 7) is 5.26. The molecule has 0 aromatic carbocycles. The molecule has 5 heteroatoms. The fourth-order valence-electron chi connectivity index (χ4n) is 1.14. The third kappa shape index (κ3) is 3.06. The SMILES string of the molecule is C=CCC(N)C(=O)Nc1nc(C)ccc1O. The van der Waals surface area contributed by atoms with Gasteiger partial charge in [-0.05, 0) is 25.5 Å². The zero-order chi connectivity index (χ0) is 12.1. The smallest absolute Gasteiger partial charge is 0.242 e. The largest absolute Gasteiger partial charge is 0.504 e. The second-order valence-corrected chi connectivity index (χ2v) is 3.44. The molecule has 0 saturated carbocycles. The first kappa shape index (κ1) is 12.2. The minimum atomic E-state index is -0.681. The molecule has 0 aliphatic carbocycles. The van der Waals surface area contributed by atoms with Crippen molar-refractivity contribution in [2.45, 2.75) is 19.4 Å². The van der Waals surface area contributed by atoms with Gasteiger partial charge in [0.15, 0.2) is 11.6 Å². The summed E-state index contributed by atoms with van der Waals surface area (Å²) < 4.78 is 0. The molecule has 4 N–H and O–H groups in total. The van der Waals surface area contributed by atoms with E-state index >= 15 is 0 Å². The van der Waals surface area contributed by atoms with Gasteiger partial charge in [0.25, 0.3) is 0 Å². The summed E-state index contributed by atoms with van der Waals surface area (Å²) in [6.07, 6.45) is 1.94.